The Morgan fingerprint density at radius 3 is 2.57 bits per heavy atom. The molecule has 2 unspecified atom stereocenters. The van der Waals surface area contributed by atoms with Gasteiger partial charge in [0.05, 0.1) is 11.5 Å². The SMILES string of the molecule is NC(=O)C1C(=O)C[C@@H]2C[C@@H]3Cc4c(CNCc5ccc[nH]5)ccc(O)c4C(=O)C3C(=O)[C@]2(O)C1=O. The van der Waals surface area contributed by atoms with Gasteiger partial charge in [0, 0.05) is 37.3 Å². The summed E-state index contributed by atoms with van der Waals surface area (Å²) in [5.74, 6) is -10.0. The molecule has 2 saturated carbocycles. The summed E-state index contributed by atoms with van der Waals surface area (Å²) < 4.78 is 0. The first-order valence-electron chi connectivity index (χ1n) is 11.5. The van der Waals surface area contributed by atoms with Crippen LogP contribution >= 0.6 is 0 Å². The van der Waals surface area contributed by atoms with Crippen LogP contribution in [0, 0.1) is 23.7 Å². The standard InChI is InChI=1S/C25H25N3O7/c26-24(34)20-17(30)8-13-6-12-7-15-11(9-27-10-14-2-1-5-28-14)3-4-16(29)19(15)21(31)18(12)22(32)25(13,35)23(20)33/h1-5,12-13,18,20,27-29,35H,6-10H2,(H2,26,34)/t12-,13+,18?,20?,25+/m1/s1. The largest absolute Gasteiger partial charge is 0.507 e. The Labute approximate surface area is 199 Å². The molecule has 1 amide bonds. The second-order valence-electron chi connectivity index (χ2n) is 9.64. The predicted octanol–water partition coefficient (Wildman–Crippen LogP) is -0.0552. The molecular weight excluding hydrogens is 454 g/mol. The number of carbonyl (C=O) groups is 5. The highest BCUT2D eigenvalue weighted by molar-refractivity contribution is 6.31. The highest BCUT2D eigenvalue weighted by Crippen LogP contribution is 2.50. The number of aliphatic hydroxyl groups is 1. The minimum Gasteiger partial charge on any atom is -0.507 e. The van der Waals surface area contributed by atoms with E-state index in [9.17, 15) is 34.2 Å². The molecule has 10 nitrogen and oxygen atoms in total. The van der Waals surface area contributed by atoms with Crippen molar-refractivity contribution in [3.63, 3.8) is 0 Å². The normalized spacial score (nSPS) is 30.0. The highest BCUT2D eigenvalue weighted by Gasteiger charge is 2.66. The maximum atomic E-state index is 13.5. The Morgan fingerprint density at radius 1 is 1.11 bits per heavy atom. The van der Waals surface area contributed by atoms with Crippen LogP contribution in [0.15, 0.2) is 30.5 Å². The number of ketones is 4. The van der Waals surface area contributed by atoms with Crippen LogP contribution in [0.5, 0.6) is 5.75 Å². The molecule has 5 rings (SSSR count). The van der Waals surface area contributed by atoms with E-state index >= 15 is 0 Å². The number of benzene rings is 1. The summed E-state index contributed by atoms with van der Waals surface area (Å²) in [7, 11) is 0. The number of nitrogens with two attached hydrogens (primary N) is 1. The van der Waals surface area contributed by atoms with Crippen molar-refractivity contribution in [3.05, 3.63) is 52.8 Å². The molecular formula is C25H25N3O7. The third-order valence-corrected chi connectivity index (χ3v) is 7.68. The maximum absolute atomic E-state index is 13.5. The van der Waals surface area contributed by atoms with E-state index in [0.717, 1.165) is 11.3 Å². The van der Waals surface area contributed by atoms with Gasteiger partial charge in [-0.15, -0.1) is 0 Å². The van der Waals surface area contributed by atoms with Gasteiger partial charge < -0.3 is 26.2 Å². The Kier molecular flexibility index (Phi) is 5.45. The number of fused-ring (bicyclic) bond motifs is 3. The van der Waals surface area contributed by atoms with Gasteiger partial charge in [-0.1, -0.05) is 6.07 Å². The molecule has 6 N–H and O–H groups in total. The number of primary amides is 1. The van der Waals surface area contributed by atoms with Crippen molar-refractivity contribution in [2.75, 3.05) is 0 Å². The zero-order valence-corrected chi connectivity index (χ0v) is 18.7. The van der Waals surface area contributed by atoms with Crippen LogP contribution in [-0.4, -0.2) is 49.8 Å². The van der Waals surface area contributed by atoms with Crippen LogP contribution < -0.4 is 11.1 Å². The van der Waals surface area contributed by atoms with E-state index in [1.807, 2.05) is 18.3 Å². The molecule has 3 aliphatic carbocycles. The lowest BCUT2D eigenvalue weighted by molar-refractivity contribution is -0.175. The van der Waals surface area contributed by atoms with Crippen molar-refractivity contribution in [2.24, 2.45) is 29.4 Å². The summed E-state index contributed by atoms with van der Waals surface area (Å²) in [5.41, 5.74) is 4.94. The number of aromatic amines is 1. The summed E-state index contributed by atoms with van der Waals surface area (Å²) in [4.78, 5) is 67.1. The summed E-state index contributed by atoms with van der Waals surface area (Å²) in [5, 5.41) is 25.0. The van der Waals surface area contributed by atoms with Gasteiger partial charge in [-0.25, -0.2) is 0 Å². The fraction of sp³-hybridized carbons (Fsp3) is 0.400. The van der Waals surface area contributed by atoms with Crippen LogP contribution in [0.1, 0.15) is 40.0 Å². The Hall–Kier alpha value is -3.63. The lowest BCUT2D eigenvalue weighted by atomic mass is 9.53. The minimum atomic E-state index is -2.63. The number of Topliss-reactive ketones (excluding diaryl/α,β-unsaturated/α-hetero) is 4. The number of hydrogen-bond acceptors (Lipinski definition) is 8. The first-order valence-corrected chi connectivity index (χ1v) is 11.5. The van der Waals surface area contributed by atoms with Crippen LogP contribution in [0.2, 0.25) is 0 Å². The molecule has 1 aromatic heterocycles. The number of carbonyl (C=O) groups excluding carboxylic acids is 5. The van der Waals surface area contributed by atoms with Crippen LogP contribution in [-0.2, 0) is 38.7 Å². The van der Waals surface area contributed by atoms with Gasteiger partial charge in [0.25, 0.3) is 0 Å². The Balaban J connectivity index is 1.48. The lowest BCUT2D eigenvalue weighted by Gasteiger charge is -2.48. The molecule has 0 spiro atoms. The number of phenols is 1. The second kappa shape index (κ2) is 8.24. The molecule has 1 aromatic carbocycles. The van der Waals surface area contributed by atoms with Crippen molar-refractivity contribution >= 4 is 29.0 Å². The average Bonchev–Trinajstić information content (AvgIpc) is 3.31. The molecule has 0 radical (unpaired) electrons. The second-order valence-corrected chi connectivity index (χ2v) is 9.64. The van der Waals surface area contributed by atoms with Crippen molar-refractivity contribution in [1.82, 2.24) is 10.3 Å². The van der Waals surface area contributed by atoms with E-state index in [2.05, 4.69) is 10.3 Å². The third kappa shape index (κ3) is 3.43. The number of rotatable bonds is 5. The quantitative estimate of drug-likeness (QED) is 0.370. The molecule has 3 aliphatic rings. The number of hydrogen-bond donors (Lipinski definition) is 5. The van der Waals surface area contributed by atoms with Crippen molar-refractivity contribution in [1.29, 1.82) is 0 Å². The predicted molar refractivity (Wildman–Crippen MR) is 120 cm³/mol. The molecule has 0 bridgehead atoms. The maximum Gasteiger partial charge on any atom is 0.235 e. The van der Waals surface area contributed by atoms with Gasteiger partial charge in [0.1, 0.15) is 5.75 Å². The monoisotopic (exact) mass is 479 g/mol. The number of nitrogens with one attached hydrogen (secondary N) is 2. The summed E-state index contributed by atoms with van der Waals surface area (Å²) in [6, 6.07) is 6.92. The number of aromatic hydroxyl groups is 1. The summed E-state index contributed by atoms with van der Waals surface area (Å²) >= 11 is 0. The molecule has 1 heterocycles. The molecule has 0 aliphatic heterocycles. The van der Waals surface area contributed by atoms with Crippen LogP contribution in [0.25, 0.3) is 0 Å². The summed E-state index contributed by atoms with van der Waals surface area (Å²) in [6.45, 7) is 0.965. The number of aromatic nitrogens is 1. The van der Waals surface area contributed by atoms with E-state index in [1.165, 1.54) is 6.07 Å². The molecule has 35 heavy (non-hydrogen) atoms. The van der Waals surface area contributed by atoms with Crippen molar-refractivity contribution in [3.8, 4) is 5.75 Å². The number of amides is 1. The fourth-order valence-electron chi connectivity index (χ4n) is 6.01. The fourth-order valence-corrected chi connectivity index (χ4v) is 6.01. The van der Waals surface area contributed by atoms with Gasteiger partial charge in [-0.3, -0.25) is 24.0 Å². The third-order valence-electron chi connectivity index (χ3n) is 7.68. The summed E-state index contributed by atoms with van der Waals surface area (Å²) in [6.07, 6.45) is 1.80. The van der Waals surface area contributed by atoms with Crippen LogP contribution in [0.4, 0.5) is 0 Å². The van der Waals surface area contributed by atoms with E-state index in [1.54, 1.807) is 6.07 Å². The van der Waals surface area contributed by atoms with Crippen molar-refractivity contribution in [2.45, 2.75) is 38.0 Å². The highest BCUT2D eigenvalue weighted by atomic mass is 16.3. The van der Waals surface area contributed by atoms with Gasteiger partial charge in [0.2, 0.25) is 5.91 Å². The number of H-pyrrole nitrogens is 1. The first kappa shape index (κ1) is 23.1. The zero-order chi connectivity index (χ0) is 25.1. The molecule has 10 heteroatoms. The van der Waals surface area contributed by atoms with E-state index in [4.69, 9.17) is 5.73 Å². The molecule has 2 fully saturated rings. The van der Waals surface area contributed by atoms with Gasteiger partial charge in [0.15, 0.2) is 34.7 Å². The van der Waals surface area contributed by atoms with E-state index in [0.29, 0.717) is 18.7 Å². The van der Waals surface area contributed by atoms with Gasteiger partial charge >= 0.3 is 0 Å². The van der Waals surface area contributed by atoms with Gasteiger partial charge in [-0.05, 0) is 48.1 Å². The lowest BCUT2D eigenvalue weighted by Crippen LogP contribution is -2.68. The van der Waals surface area contributed by atoms with Crippen LogP contribution in [0.3, 0.4) is 0 Å². The first-order chi connectivity index (χ1) is 16.6. The minimum absolute atomic E-state index is 0.00612. The molecule has 5 atom stereocenters. The zero-order valence-electron chi connectivity index (χ0n) is 18.7. The molecule has 182 valence electrons. The number of phenolic OH excluding ortho intramolecular Hbond substituents is 1. The Bertz CT molecular complexity index is 1270. The van der Waals surface area contributed by atoms with Crippen molar-refractivity contribution < 1.29 is 34.2 Å². The average molecular weight is 479 g/mol. The van der Waals surface area contributed by atoms with E-state index < -0.39 is 58.3 Å². The topological polar surface area (TPSA) is 180 Å². The van der Waals surface area contributed by atoms with E-state index in [-0.39, 0.29) is 30.6 Å². The Morgan fingerprint density at radius 2 is 1.89 bits per heavy atom. The molecule has 2 aromatic rings. The molecule has 0 saturated heterocycles. The smallest absolute Gasteiger partial charge is 0.235 e. The van der Waals surface area contributed by atoms with Gasteiger partial charge in [-0.2, -0.15) is 0 Å².